The van der Waals surface area contributed by atoms with Gasteiger partial charge in [-0.25, -0.2) is 0 Å². The Morgan fingerprint density at radius 3 is 2.75 bits per heavy atom. The summed E-state index contributed by atoms with van der Waals surface area (Å²) >= 11 is 0. The van der Waals surface area contributed by atoms with E-state index in [0.717, 1.165) is 18.7 Å². The number of benzene rings is 1. The number of hydrogen-bond acceptors (Lipinski definition) is 4. The molecule has 0 fully saturated rings. The summed E-state index contributed by atoms with van der Waals surface area (Å²) in [5.74, 6) is -0.149. The van der Waals surface area contributed by atoms with Crippen molar-refractivity contribution in [3.05, 3.63) is 59.8 Å². The molecule has 2 rings (SSSR count). The van der Waals surface area contributed by atoms with Crippen LogP contribution in [0.3, 0.4) is 0 Å². The van der Waals surface area contributed by atoms with E-state index < -0.39 is 0 Å². The smallest absolute Gasteiger partial charge is 0.309 e. The molecule has 0 saturated carbocycles. The van der Waals surface area contributed by atoms with Crippen LogP contribution in [0.2, 0.25) is 0 Å². The van der Waals surface area contributed by atoms with E-state index >= 15 is 0 Å². The Balaban J connectivity index is 0.00000200. The molecule has 0 spiro atoms. The number of carbonyl (C=O) groups is 1. The number of rotatable bonds is 5. The van der Waals surface area contributed by atoms with Crippen molar-refractivity contribution in [3.8, 4) is 0 Å². The molecule has 20 heavy (non-hydrogen) atoms. The number of allylic oxidation sites excluding steroid dienone is 2. The normalized spacial score (nSPS) is 13.4. The van der Waals surface area contributed by atoms with Gasteiger partial charge < -0.3 is 15.8 Å². The highest BCUT2D eigenvalue weighted by Crippen LogP contribution is 2.14. The molecule has 1 aromatic rings. The summed E-state index contributed by atoms with van der Waals surface area (Å²) in [5.41, 5.74) is 2.36. The maximum absolute atomic E-state index is 11.5. The zero-order valence-corrected chi connectivity index (χ0v) is 11.9. The number of hydrogen-bond donors (Lipinski definition) is 1. The Morgan fingerprint density at radius 1 is 1.30 bits per heavy atom. The minimum Gasteiger partial charge on any atom is -0.466 e. The van der Waals surface area contributed by atoms with Crippen molar-refractivity contribution in [3.63, 3.8) is 0 Å². The Morgan fingerprint density at radius 2 is 2.05 bits per heavy atom. The third-order valence-electron chi connectivity index (χ3n) is 2.94. The van der Waals surface area contributed by atoms with E-state index in [4.69, 9.17) is 4.74 Å². The molecule has 1 aliphatic rings. The van der Waals surface area contributed by atoms with Gasteiger partial charge >= 0.3 is 5.97 Å². The predicted octanol–water partition coefficient (Wildman–Crippen LogP) is 3.06. The van der Waals surface area contributed by atoms with Gasteiger partial charge in [-0.3, -0.25) is 4.79 Å². The second-order valence-electron chi connectivity index (χ2n) is 4.54. The second-order valence-corrected chi connectivity index (χ2v) is 4.54. The molecule has 1 aliphatic heterocycles. The van der Waals surface area contributed by atoms with Gasteiger partial charge in [0.1, 0.15) is 0 Å². The number of nitrogens with zero attached hydrogens (tertiary/aromatic N) is 1. The highest BCUT2D eigenvalue weighted by atomic mass is 16.5. The summed E-state index contributed by atoms with van der Waals surface area (Å²) in [4.78, 5) is 13.7. The van der Waals surface area contributed by atoms with E-state index in [1.54, 1.807) is 0 Å². The predicted molar refractivity (Wildman–Crippen MR) is 80.3 cm³/mol. The van der Waals surface area contributed by atoms with E-state index in [0.29, 0.717) is 13.0 Å². The minimum absolute atomic E-state index is 0. The van der Waals surface area contributed by atoms with Gasteiger partial charge in [-0.05, 0) is 30.3 Å². The highest BCUT2D eigenvalue weighted by Gasteiger charge is 2.12. The van der Waals surface area contributed by atoms with Gasteiger partial charge in [0, 0.05) is 13.1 Å². The number of ether oxygens (including phenoxy) is 1. The Bertz CT molecular complexity index is 481. The first-order chi connectivity index (χ1) is 9.28. The van der Waals surface area contributed by atoms with Crippen molar-refractivity contribution in [1.29, 1.82) is 0 Å². The summed E-state index contributed by atoms with van der Waals surface area (Å²) < 4.78 is 4.98. The van der Waals surface area contributed by atoms with E-state index in [-0.39, 0.29) is 12.1 Å². The third kappa shape index (κ3) is 4.90. The molecule has 0 amide bonds. The molecule has 4 heteroatoms. The molecule has 1 heterocycles. The molecule has 4 nitrogen and oxygen atoms in total. The van der Waals surface area contributed by atoms with Crippen LogP contribution in [0.1, 0.15) is 18.9 Å². The van der Waals surface area contributed by atoms with Crippen molar-refractivity contribution in [2.45, 2.75) is 19.9 Å². The van der Waals surface area contributed by atoms with Crippen molar-refractivity contribution in [1.82, 2.24) is 11.1 Å². The summed E-state index contributed by atoms with van der Waals surface area (Å²) in [5, 5.41) is 0. The lowest BCUT2D eigenvalue weighted by Crippen LogP contribution is -2.23. The van der Waals surface area contributed by atoms with Crippen LogP contribution >= 0.6 is 0 Å². The Labute approximate surface area is 120 Å². The monoisotopic (exact) mass is 274 g/mol. The summed E-state index contributed by atoms with van der Waals surface area (Å²) in [6, 6.07) is 10.3. The second kappa shape index (κ2) is 8.17. The molecule has 0 aliphatic carbocycles. The summed E-state index contributed by atoms with van der Waals surface area (Å²) in [7, 11) is 0. The van der Waals surface area contributed by atoms with Crippen LogP contribution in [0.25, 0.3) is 0 Å². The fraction of sp³-hybridized carbons (Fsp3) is 0.312. The lowest BCUT2D eigenvalue weighted by molar-refractivity contribution is -0.142. The van der Waals surface area contributed by atoms with E-state index in [2.05, 4.69) is 23.2 Å². The zero-order chi connectivity index (χ0) is 13.5. The SMILES string of the molecule is CCOC(=O)CC1=CC=CN(Cc2ccccc2)C1.N. The quantitative estimate of drug-likeness (QED) is 0.838. The fourth-order valence-corrected chi connectivity index (χ4v) is 2.11. The molecule has 3 N–H and O–H groups in total. The molecule has 0 unspecified atom stereocenters. The summed E-state index contributed by atoms with van der Waals surface area (Å²) in [6.45, 7) is 3.91. The summed E-state index contributed by atoms with van der Waals surface area (Å²) in [6.07, 6.45) is 6.42. The van der Waals surface area contributed by atoms with Gasteiger partial charge in [-0.1, -0.05) is 36.4 Å². The largest absolute Gasteiger partial charge is 0.466 e. The zero-order valence-electron chi connectivity index (χ0n) is 11.9. The first-order valence-electron chi connectivity index (χ1n) is 6.57. The molecule has 0 saturated heterocycles. The van der Waals surface area contributed by atoms with E-state index in [1.165, 1.54) is 5.56 Å². The lowest BCUT2D eigenvalue weighted by Gasteiger charge is -2.24. The molecule has 0 aromatic heterocycles. The molecular formula is C16H22N2O2. The Kier molecular flexibility index (Phi) is 6.53. The van der Waals surface area contributed by atoms with Gasteiger partial charge in [0.05, 0.1) is 13.0 Å². The molecule has 0 atom stereocenters. The maximum Gasteiger partial charge on any atom is 0.309 e. The molecular weight excluding hydrogens is 252 g/mol. The number of esters is 1. The van der Waals surface area contributed by atoms with Crippen LogP contribution in [0.5, 0.6) is 0 Å². The lowest BCUT2D eigenvalue weighted by atomic mass is 10.1. The van der Waals surface area contributed by atoms with Gasteiger partial charge in [0.25, 0.3) is 0 Å². The molecule has 0 radical (unpaired) electrons. The maximum atomic E-state index is 11.5. The van der Waals surface area contributed by atoms with Crippen LogP contribution in [-0.4, -0.2) is 24.0 Å². The average molecular weight is 274 g/mol. The van der Waals surface area contributed by atoms with Gasteiger partial charge in [0.2, 0.25) is 0 Å². The van der Waals surface area contributed by atoms with E-state index in [1.807, 2.05) is 37.3 Å². The van der Waals surface area contributed by atoms with E-state index in [9.17, 15) is 4.79 Å². The average Bonchev–Trinajstić information content (AvgIpc) is 2.40. The fourth-order valence-electron chi connectivity index (χ4n) is 2.11. The van der Waals surface area contributed by atoms with Crippen LogP contribution in [-0.2, 0) is 16.1 Å². The van der Waals surface area contributed by atoms with Crippen molar-refractivity contribution < 1.29 is 9.53 Å². The molecule has 0 bridgehead atoms. The van der Waals surface area contributed by atoms with Gasteiger partial charge in [0.15, 0.2) is 0 Å². The van der Waals surface area contributed by atoms with Crippen molar-refractivity contribution in [2.24, 2.45) is 0 Å². The molecule has 108 valence electrons. The topological polar surface area (TPSA) is 64.5 Å². The van der Waals surface area contributed by atoms with Crippen LogP contribution in [0, 0.1) is 0 Å². The standard InChI is InChI=1S/C16H19NO2.H3N/c1-2-19-16(18)11-15-9-6-10-17(13-15)12-14-7-4-3-5-8-14;/h3-10H,2,11-13H2,1H3;1H3. The molecule has 1 aromatic carbocycles. The minimum atomic E-state index is -0.149. The first kappa shape index (κ1) is 16.0. The first-order valence-corrected chi connectivity index (χ1v) is 6.57. The van der Waals surface area contributed by atoms with Crippen molar-refractivity contribution in [2.75, 3.05) is 13.2 Å². The number of carbonyl (C=O) groups excluding carboxylic acids is 1. The third-order valence-corrected chi connectivity index (χ3v) is 2.94. The van der Waals surface area contributed by atoms with Crippen LogP contribution in [0.4, 0.5) is 0 Å². The van der Waals surface area contributed by atoms with Crippen molar-refractivity contribution >= 4 is 5.97 Å². The Hall–Kier alpha value is -2.07. The van der Waals surface area contributed by atoms with Crippen LogP contribution in [0.15, 0.2) is 54.3 Å². The van der Waals surface area contributed by atoms with Crippen LogP contribution < -0.4 is 6.15 Å². The van der Waals surface area contributed by atoms with Gasteiger partial charge in [-0.15, -0.1) is 0 Å². The highest BCUT2D eigenvalue weighted by molar-refractivity contribution is 5.72. The van der Waals surface area contributed by atoms with Gasteiger partial charge in [-0.2, -0.15) is 0 Å².